The van der Waals surface area contributed by atoms with Crippen molar-refractivity contribution in [3.8, 4) is 6.07 Å². The molecule has 1 aromatic carbocycles. The third-order valence-corrected chi connectivity index (χ3v) is 6.60. The fourth-order valence-corrected chi connectivity index (χ4v) is 4.51. The molecule has 2 aliphatic rings. The molecule has 1 aliphatic carbocycles. The molecule has 0 radical (unpaired) electrons. The highest BCUT2D eigenvalue weighted by molar-refractivity contribution is 5.96. The average molecular weight is 472 g/mol. The summed E-state index contributed by atoms with van der Waals surface area (Å²) in [7, 11) is 1.77. The molecule has 182 valence electrons. The second kappa shape index (κ2) is 12.3. The van der Waals surface area contributed by atoms with Crippen LogP contribution in [-0.2, 0) is 16.0 Å². The Bertz CT molecular complexity index is 1080. The number of carbonyl (C=O) groups excluding carboxylic acids is 1. The van der Waals surface area contributed by atoms with E-state index in [1.54, 1.807) is 7.11 Å². The van der Waals surface area contributed by atoms with Crippen molar-refractivity contribution in [2.45, 2.75) is 44.2 Å². The number of allylic oxidation sites excluding steroid dienone is 2. The number of pyridine rings is 1. The van der Waals surface area contributed by atoms with E-state index in [2.05, 4.69) is 38.7 Å². The number of benzene rings is 1. The molecule has 1 unspecified atom stereocenters. The van der Waals surface area contributed by atoms with Gasteiger partial charge in [-0.2, -0.15) is 5.26 Å². The second-order valence-electron chi connectivity index (χ2n) is 8.94. The van der Waals surface area contributed by atoms with Gasteiger partial charge in [0.1, 0.15) is 11.9 Å². The Labute approximate surface area is 207 Å². The monoisotopic (exact) mass is 471 g/mol. The first-order valence-corrected chi connectivity index (χ1v) is 12.3. The Morgan fingerprint density at radius 3 is 2.63 bits per heavy atom. The van der Waals surface area contributed by atoms with Crippen molar-refractivity contribution in [2.75, 3.05) is 37.0 Å². The summed E-state index contributed by atoms with van der Waals surface area (Å²) in [6.45, 7) is 2.52. The van der Waals surface area contributed by atoms with Crippen LogP contribution >= 0.6 is 0 Å². The summed E-state index contributed by atoms with van der Waals surface area (Å²) in [6.07, 6.45) is 13.1. The van der Waals surface area contributed by atoms with E-state index in [0.29, 0.717) is 24.0 Å². The first-order chi connectivity index (χ1) is 17.2. The molecular weight excluding hydrogens is 438 g/mol. The molecule has 0 saturated carbocycles. The third kappa shape index (κ3) is 6.78. The largest absolute Gasteiger partial charge is 0.381 e. The first-order valence-electron chi connectivity index (χ1n) is 12.3. The van der Waals surface area contributed by atoms with E-state index in [1.165, 1.54) is 0 Å². The summed E-state index contributed by atoms with van der Waals surface area (Å²) in [4.78, 5) is 20.1. The Morgan fingerprint density at radius 2 is 2.00 bits per heavy atom. The number of nitriles is 1. The molecule has 0 bridgehead atoms. The van der Waals surface area contributed by atoms with Crippen LogP contribution in [0.5, 0.6) is 0 Å². The van der Waals surface area contributed by atoms with Crippen LogP contribution in [-0.4, -0.2) is 49.8 Å². The summed E-state index contributed by atoms with van der Waals surface area (Å²) in [5.41, 5.74) is 3.81. The summed E-state index contributed by atoms with van der Waals surface area (Å²) >= 11 is 0. The van der Waals surface area contributed by atoms with Crippen molar-refractivity contribution < 1.29 is 9.53 Å². The van der Waals surface area contributed by atoms with Gasteiger partial charge in [-0.15, -0.1) is 0 Å². The molecule has 7 heteroatoms. The molecule has 1 fully saturated rings. The van der Waals surface area contributed by atoms with Gasteiger partial charge >= 0.3 is 0 Å². The van der Waals surface area contributed by atoms with E-state index in [0.717, 1.165) is 62.0 Å². The van der Waals surface area contributed by atoms with Gasteiger partial charge in [0.15, 0.2) is 0 Å². The molecular formula is C28H33N5O2. The van der Waals surface area contributed by atoms with Crippen molar-refractivity contribution in [1.82, 2.24) is 10.3 Å². The van der Waals surface area contributed by atoms with Crippen LogP contribution in [0.15, 0.2) is 66.4 Å². The lowest BCUT2D eigenvalue weighted by Crippen LogP contribution is -2.43. The van der Waals surface area contributed by atoms with Crippen molar-refractivity contribution in [1.29, 1.82) is 5.26 Å². The highest BCUT2D eigenvalue weighted by Crippen LogP contribution is 2.22. The second-order valence-corrected chi connectivity index (χ2v) is 8.94. The zero-order valence-corrected chi connectivity index (χ0v) is 20.2. The lowest BCUT2D eigenvalue weighted by atomic mass is 9.99. The van der Waals surface area contributed by atoms with Gasteiger partial charge in [-0.25, -0.2) is 4.98 Å². The Hall–Kier alpha value is -3.47. The fraction of sp³-hybridized carbons (Fsp3) is 0.393. The molecule has 7 nitrogen and oxygen atoms in total. The van der Waals surface area contributed by atoms with Crippen LogP contribution in [0.4, 0.5) is 11.5 Å². The number of amides is 1. The summed E-state index contributed by atoms with van der Waals surface area (Å²) in [6, 6.07) is 13.1. The van der Waals surface area contributed by atoms with Crippen molar-refractivity contribution in [2.24, 2.45) is 0 Å². The number of hydrogen-bond acceptors (Lipinski definition) is 6. The van der Waals surface area contributed by atoms with E-state index in [1.807, 2.05) is 48.7 Å². The normalized spacial score (nSPS) is 16.9. The Balaban J connectivity index is 1.36. The van der Waals surface area contributed by atoms with Crippen molar-refractivity contribution in [3.63, 3.8) is 0 Å². The Morgan fingerprint density at radius 1 is 1.20 bits per heavy atom. The topological polar surface area (TPSA) is 90.3 Å². The number of nitrogens with one attached hydrogen (secondary N) is 2. The number of rotatable bonds is 9. The molecule has 1 aromatic heterocycles. The summed E-state index contributed by atoms with van der Waals surface area (Å²) in [5.74, 6) is 0.425. The predicted molar refractivity (Wildman–Crippen MR) is 138 cm³/mol. The van der Waals surface area contributed by atoms with Gasteiger partial charge in [0.25, 0.3) is 0 Å². The zero-order valence-electron chi connectivity index (χ0n) is 20.2. The van der Waals surface area contributed by atoms with Gasteiger partial charge in [0.2, 0.25) is 5.91 Å². The van der Waals surface area contributed by atoms with Gasteiger partial charge < -0.3 is 20.3 Å². The van der Waals surface area contributed by atoms with Gasteiger partial charge in [0, 0.05) is 26.7 Å². The number of nitrogens with zero attached hydrogens (tertiary/aromatic N) is 3. The van der Waals surface area contributed by atoms with E-state index >= 15 is 0 Å². The first kappa shape index (κ1) is 24.6. The van der Waals surface area contributed by atoms with Crippen LogP contribution in [0.2, 0.25) is 0 Å². The molecule has 1 saturated heterocycles. The van der Waals surface area contributed by atoms with Gasteiger partial charge in [-0.1, -0.05) is 30.4 Å². The molecule has 4 rings (SSSR count). The van der Waals surface area contributed by atoms with Crippen molar-refractivity contribution >= 4 is 17.4 Å². The molecule has 2 N–H and O–H groups in total. The van der Waals surface area contributed by atoms with E-state index in [-0.39, 0.29) is 5.91 Å². The highest BCUT2D eigenvalue weighted by atomic mass is 16.5. The van der Waals surface area contributed by atoms with Gasteiger partial charge in [-0.05, 0) is 67.5 Å². The maximum Gasteiger partial charge on any atom is 0.247 e. The number of ether oxygens (including phenoxy) is 1. The van der Waals surface area contributed by atoms with Crippen LogP contribution in [0.25, 0.3) is 0 Å². The maximum atomic E-state index is 13.2. The Kier molecular flexibility index (Phi) is 8.66. The minimum atomic E-state index is -0.459. The van der Waals surface area contributed by atoms with Crippen LogP contribution in [0.1, 0.15) is 36.8 Å². The van der Waals surface area contributed by atoms with Crippen molar-refractivity contribution in [3.05, 3.63) is 77.5 Å². The third-order valence-electron chi connectivity index (χ3n) is 6.60. The van der Waals surface area contributed by atoms with E-state index < -0.39 is 6.04 Å². The molecule has 2 heterocycles. The van der Waals surface area contributed by atoms with E-state index in [9.17, 15) is 4.79 Å². The number of carbonyl (C=O) groups is 1. The molecule has 1 amide bonds. The maximum absolute atomic E-state index is 13.2. The number of piperidine rings is 1. The number of methoxy groups -OCH3 is 1. The number of anilines is 2. The lowest BCUT2D eigenvalue weighted by molar-refractivity contribution is -0.117. The number of aromatic nitrogens is 1. The van der Waals surface area contributed by atoms with Gasteiger partial charge in [-0.3, -0.25) is 4.79 Å². The summed E-state index contributed by atoms with van der Waals surface area (Å²) < 4.78 is 5.46. The standard InChI is InChI=1S/C28H33N5O2/c1-35-25-14-17-33(18-15-25)24-11-12-26(31-20-24)32-28(34)27(23-5-3-2-4-6-23)30-16-13-21-7-9-22(19-29)10-8-21/h3,5-12,20,25,27,30H,2,4,13-18H2,1H3,(H,31,32,34). The molecule has 1 atom stereocenters. The minimum Gasteiger partial charge on any atom is -0.381 e. The van der Waals surface area contributed by atoms with Crippen LogP contribution < -0.4 is 15.5 Å². The molecule has 0 spiro atoms. The smallest absolute Gasteiger partial charge is 0.247 e. The average Bonchev–Trinajstić information content (AvgIpc) is 2.92. The van der Waals surface area contributed by atoms with Crippen LogP contribution in [0.3, 0.4) is 0 Å². The van der Waals surface area contributed by atoms with Crippen LogP contribution in [0, 0.1) is 11.3 Å². The summed E-state index contributed by atoms with van der Waals surface area (Å²) in [5, 5.41) is 15.4. The predicted octanol–water partition coefficient (Wildman–Crippen LogP) is 3.98. The van der Waals surface area contributed by atoms with Gasteiger partial charge in [0.05, 0.1) is 29.6 Å². The lowest BCUT2D eigenvalue weighted by Gasteiger charge is -2.32. The highest BCUT2D eigenvalue weighted by Gasteiger charge is 2.23. The number of hydrogen-bond donors (Lipinski definition) is 2. The zero-order chi connectivity index (χ0) is 24.5. The van der Waals surface area contributed by atoms with E-state index in [4.69, 9.17) is 10.00 Å². The molecule has 2 aromatic rings. The SMILES string of the molecule is COC1CCN(c2ccc(NC(=O)C(NCCc3ccc(C#N)cc3)C3=CCCC=C3)nc2)CC1. The molecule has 1 aliphatic heterocycles. The minimum absolute atomic E-state index is 0.121. The fourth-order valence-electron chi connectivity index (χ4n) is 4.51. The molecule has 35 heavy (non-hydrogen) atoms. The quantitative estimate of drug-likeness (QED) is 0.575.